The summed E-state index contributed by atoms with van der Waals surface area (Å²) in [5.74, 6) is 0. The van der Waals surface area contributed by atoms with Crippen molar-refractivity contribution in [3.63, 3.8) is 0 Å². The molecule has 1 aliphatic heterocycles. The van der Waals surface area contributed by atoms with E-state index in [1.807, 2.05) is 23.1 Å². The molecule has 2 aromatic carbocycles. The molecule has 5 nitrogen and oxygen atoms in total. The van der Waals surface area contributed by atoms with Gasteiger partial charge in [0.05, 0.1) is 11.3 Å². The number of anilines is 1. The molecule has 2 aromatic rings. The van der Waals surface area contributed by atoms with E-state index in [1.165, 1.54) is 17.7 Å². The number of benzene rings is 2. The van der Waals surface area contributed by atoms with Crippen LogP contribution >= 0.6 is 0 Å². The quantitative estimate of drug-likeness (QED) is 0.544. The van der Waals surface area contributed by atoms with Gasteiger partial charge in [-0.3, -0.25) is 4.90 Å². The minimum absolute atomic E-state index is 0.107. The Kier molecular flexibility index (Phi) is 8.46. The van der Waals surface area contributed by atoms with Crippen molar-refractivity contribution in [2.24, 2.45) is 5.16 Å². The van der Waals surface area contributed by atoms with Gasteiger partial charge in [0, 0.05) is 38.4 Å². The fraction of sp³-hybridized carbons (Fsp3) is 0.444. The first-order chi connectivity index (χ1) is 16.9. The Morgan fingerprint density at radius 1 is 0.971 bits per heavy atom. The van der Waals surface area contributed by atoms with Gasteiger partial charge < -0.3 is 14.8 Å². The van der Waals surface area contributed by atoms with Crippen molar-refractivity contribution in [2.45, 2.75) is 38.0 Å². The molecule has 0 radical (unpaired) electrons. The molecule has 0 unspecified atom stereocenters. The van der Waals surface area contributed by atoms with Crippen molar-refractivity contribution in [1.82, 2.24) is 4.90 Å². The highest BCUT2D eigenvalue weighted by atomic mass is 19.4. The van der Waals surface area contributed by atoms with E-state index in [-0.39, 0.29) is 6.61 Å². The van der Waals surface area contributed by atoms with Crippen LogP contribution in [0.1, 0.15) is 36.8 Å². The zero-order valence-electron chi connectivity index (χ0n) is 19.8. The number of aliphatic hydroxyl groups excluding tert-OH is 1. The van der Waals surface area contributed by atoms with E-state index in [9.17, 15) is 18.3 Å². The predicted molar refractivity (Wildman–Crippen MR) is 132 cm³/mol. The topological polar surface area (TPSA) is 48.3 Å². The Bertz CT molecular complexity index is 1020. The van der Waals surface area contributed by atoms with E-state index in [2.05, 4.69) is 28.3 Å². The maximum Gasteiger partial charge on any atom is 0.416 e. The molecule has 188 valence electrons. The van der Waals surface area contributed by atoms with Crippen LogP contribution in [-0.2, 0) is 11.0 Å². The van der Waals surface area contributed by atoms with E-state index in [0.717, 1.165) is 43.0 Å². The summed E-state index contributed by atoms with van der Waals surface area (Å²) >= 11 is 0. The molecule has 1 aliphatic carbocycles. The van der Waals surface area contributed by atoms with Crippen molar-refractivity contribution >= 4 is 17.5 Å². The van der Waals surface area contributed by atoms with Gasteiger partial charge in [0.1, 0.15) is 12.7 Å². The van der Waals surface area contributed by atoms with Crippen molar-refractivity contribution < 1.29 is 23.1 Å². The van der Waals surface area contributed by atoms with Crippen molar-refractivity contribution in [3.05, 3.63) is 71.3 Å². The van der Waals surface area contributed by atoms with Gasteiger partial charge in [-0.2, -0.15) is 13.2 Å². The second-order valence-electron chi connectivity index (χ2n) is 9.11. The van der Waals surface area contributed by atoms with Crippen molar-refractivity contribution in [3.8, 4) is 0 Å². The molecule has 0 aromatic heterocycles. The molecule has 0 bridgehead atoms. The molecule has 1 saturated heterocycles. The molecule has 35 heavy (non-hydrogen) atoms. The number of rotatable bonds is 7. The number of nitrogens with zero attached hydrogens (tertiary/aromatic N) is 3. The van der Waals surface area contributed by atoms with Crippen molar-refractivity contribution in [1.29, 1.82) is 0 Å². The van der Waals surface area contributed by atoms with Gasteiger partial charge in [-0.15, -0.1) is 0 Å². The number of aliphatic hydroxyl groups is 1. The lowest BCUT2D eigenvalue weighted by Gasteiger charge is -2.37. The SMILES string of the molecule is O[C@@H](CO/N=C1\CCCC\C1=C/c1ccccc1)CN1CCN(c2cccc(C(F)(F)F)c2)CC1. The number of oxime groups is 1. The molecule has 1 N–H and O–H groups in total. The molecular formula is C27H32F3N3O2. The number of alkyl halides is 3. The van der Waals surface area contributed by atoms with Gasteiger partial charge in [-0.1, -0.05) is 41.6 Å². The summed E-state index contributed by atoms with van der Waals surface area (Å²) in [5, 5.41) is 14.8. The third-order valence-corrected chi connectivity index (χ3v) is 6.44. The highest BCUT2D eigenvalue weighted by molar-refractivity contribution is 6.03. The summed E-state index contributed by atoms with van der Waals surface area (Å²) in [6.07, 6.45) is 1.16. The van der Waals surface area contributed by atoms with Crippen LogP contribution in [0.5, 0.6) is 0 Å². The van der Waals surface area contributed by atoms with Crippen LogP contribution in [0.4, 0.5) is 18.9 Å². The fourth-order valence-corrected chi connectivity index (χ4v) is 4.54. The predicted octanol–water partition coefficient (Wildman–Crippen LogP) is 5.22. The number of β-amino-alcohol motifs (C(OH)–C–C–N with tert-alkyl or cyclic N) is 1. The van der Waals surface area contributed by atoms with E-state index < -0.39 is 17.8 Å². The highest BCUT2D eigenvalue weighted by Gasteiger charge is 2.31. The Morgan fingerprint density at radius 2 is 1.71 bits per heavy atom. The third-order valence-electron chi connectivity index (χ3n) is 6.44. The van der Waals surface area contributed by atoms with Crippen LogP contribution in [0.25, 0.3) is 6.08 Å². The largest absolute Gasteiger partial charge is 0.416 e. The normalized spacial score (nSPS) is 20.9. The fourth-order valence-electron chi connectivity index (χ4n) is 4.54. The molecule has 1 atom stereocenters. The number of piperazine rings is 1. The van der Waals surface area contributed by atoms with E-state index >= 15 is 0 Å². The number of allylic oxidation sites excluding steroid dienone is 1. The van der Waals surface area contributed by atoms with Crippen LogP contribution in [0.15, 0.2) is 65.3 Å². The summed E-state index contributed by atoms with van der Waals surface area (Å²) in [6, 6.07) is 15.6. The molecule has 8 heteroatoms. The summed E-state index contributed by atoms with van der Waals surface area (Å²) in [4.78, 5) is 9.59. The van der Waals surface area contributed by atoms with Gasteiger partial charge in [0.2, 0.25) is 0 Å². The molecule has 1 saturated carbocycles. The first-order valence-corrected chi connectivity index (χ1v) is 12.2. The Hall–Kier alpha value is -2.84. The van der Waals surface area contributed by atoms with Crippen LogP contribution < -0.4 is 4.90 Å². The second kappa shape index (κ2) is 11.7. The van der Waals surface area contributed by atoms with Gasteiger partial charge in [0.15, 0.2) is 0 Å². The summed E-state index contributed by atoms with van der Waals surface area (Å²) < 4.78 is 39.0. The standard InChI is InChI=1S/C27H32F3N3O2/c28-27(29,30)23-10-6-11-24(18-23)33-15-13-32(14-16-33)19-25(34)20-35-31-26-12-5-4-9-22(26)17-21-7-2-1-3-8-21/h1-3,6-8,10-11,17-18,25,34H,4-5,9,12-16,19-20H2/b22-17+,31-26+/t25-/m1/s1. The first kappa shape index (κ1) is 25.3. The monoisotopic (exact) mass is 487 g/mol. The van der Waals surface area contributed by atoms with Crippen LogP contribution in [-0.4, -0.2) is 61.2 Å². The summed E-state index contributed by atoms with van der Waals surface area (Å²) in [7, 11) is 0. The second-order valence-corrected chi connectivity index (χ2v) is 9.11. The molecular weight excluding hydrogens is 455 g/mol. The molecule has 1 heterocycles. The minimum Gasteiger partial charge on any atom is -0.393 e. The summed E-state index contributed by atoms with van der Waals surface area (Å²) in [6.45, 7) is 3.07. The van der Waals surface area contributed by atoms with Gasteiger partial charge >= 0.3 is 6.18 Å². The maximum atomic E-state index is 13.0. The zero-order chi connectivity index (χ0) is 24.7. The zero-order valence-corrected chi connectivity index (χ0v) is 19.8. The number of hydrogen-bond acceptors (Lipinski definition) is 5. The lowest BCUT2D eigenvalue weighted by atomic mass is 9.91. The number of halogens is 3. The summed E-state index contributed by atoms with van der Waals surface area (Å²) in [5.41, 5.74) is 3.21. The Labute approximate surface area is 204 Å². The minimum atomic E-state index is -4.35. The van der Waals surface area contributed by atoms with Crippen LogP contribution in [0.3, 0.4) is 0 Å². The lowest BCUT2D eigenvalue weighted by molar-refractivity contribution is -0.137. The van der Waals surface area contributed by atoms with E-state index in [4.69, 9.17) is 4.84 Å². The Balaban J connectivity index is 1.24. The first-order valence-electron chi connectivity index (χ1n) is 12.2. The van der Waals surface area contributed by atoms with E-state index in [1.54, 1.807) is 6.07 Å². The van der Waals surface area contributed by atoms with Crippen LogP contribution in [0, 0.1) is 0 Å². The van der Waals surface area contributed by atoms with Gasteiger partial charge in [-0.25, -0.2) is 0 Å². The molecule has 4 rings (SSSR count). The maximum absolute atomic E-state index is 13.0. The highest BCUT2D eigenvalue weighted by Crippen LogP contribution is 2.32. The number of hydrogen-bond donors (Lipinski definition) is 1. The molecule has 2 aliphatic rings. The van der Waals surface area contributed by atoms with Gasteiger partial charge in [-0.05, 0) is 61.1 Å². The molecule has 0 amide bonds. The Morgan fingerprint density at radius 3 is 2.46 bits per heavy atom. The van der Waals surface area contributed by atoms with E-state index in [0.29, 0.717) is 38.4 Å². The average molecular weight is 488 g/mol. The lowest BCUT2D eigenvalue weighted by Crippen LogP contribution is -2.49. The van der Waals surface area contributed by atoms with Crippen molar-refractivity contribution in [2.75, 3.05) is 44.2 Å². The molecule has 2 fully saturated rings. The smallest absolute Gasteiger partial charge is 0.393 e. The average Bonchev–Trinajstić information content (AvgIpc) is 2.86. The van der Waals surface area contributed by atoms with Gasteiger partial charge in [0.25, 0.3) is 0 Å². The third kappa shape index (κ3) is 7.32. The van der Waals surface area contributed by atoms with Crippen LogP contribution in [0.2, 0.25) is 0 Å². The molecule has 0 spiro atoms.